The Morgan fingerprint density at radius 2 is 1.83 bits per heavy atom. The largest absolute Gasteiger partial charge is 0.322 e. The molecule has 0 aliphatic rings. The van der Waals surface area contributed by atoms with Gasteiger partial charge in [-0.2, -0.15) is 5.10 Å². The van der Waals surface area contributed by atoms with Crippen molar-refractivity contribution in [2.75, 3.05) is 0 Å². The third kappa shape index (κ3) is 3.48. The van der Waals surface area contributed by atoms with Crippen LogP contribution >= 0.6 is 11.6 Å². The summed E-state index contributed by atoms with van der Waals surface area (Å²) in [4.78, 5) is 0. The second-order valence-electron chi connectivity index (χ2n) is 5.28. The predicted molar refractivity (Wildman–Crippen MR) is 77.9 cm³/mol. The highest BCUT2D eigenvalue weighted by Crippen LogP contribution is 2.32. The summed E-state index contributed by atoms with van der Waals surface area (Å²) in [5, 5.41) is 5.05. The van der Waals surface area contributed by atoms with Crippen LogP contribution in [0.25, 0.3) is 0 Å². The van der Waals surface area contributed by atoms with Crippen molar-refractivity contribution in [1.29, 1.82) is 0 Å². The van der Waals surface area contributed by atoms with Crippen molar-refractivity contribution in [2.24, 2.45) is 11.7 Å². The van der Waals surface area contributed by atoms with Crippen molar-refractivity contribution in [3.05, 3.63) is 16.9 Å². The Kier molecular flexibility index (Phi) is 6.16. The topological polar surface area (TPSA) is 43.8 Å². The molecular formula is C14H26ClN3. The van der Waals surface area contributed by atoms with Gasteiger partial charge in [0.1, 0.15) is 0 Å². The van der Waals surface area contributed by atoms with Crippen molar-refractivity contribution in [1.82, 2.24) is 9.78 Å². The molecule has 0 radical (unpaired) electrons. The summed E-state index contributed by atoms with van der Waals surface area (Å²) < 4.78 is 1.96. The quantitative estimate of drug-likeness (QED) is 0.802. The number of nitrogens with two attached hydrogens (primary N) is 1. The van der Waals surface area contributed by atoms with Crippen molar-refractivity contribution >= 4 is 11.6 Å². The van der Waals surface area contributed by atoms with E-state index in [-0.39, 0.29) is 6.04 Å². The van der Waals surface area contributed by atoms with Crippen LogP contribution in [0.15, 0.2) is 6.20 Å². The lowest BCUT2D eigenvalue weighted by molar-refractivity contribution is 0.344. The van der Waals surface area contributed by atoms with Crippen LogP contribution in [-0.2, 0) is 0 Å². The van der Waals surface area contributed by atoms with E-state index in [0.717, 1.165) is 31.4 Å². The number of halogens is 1. The monoisotopic (exact) mass is 271 g/mol. The molecule has 0 spiro atoms. The minimum Gasteiger partial charge on any atom is -0.322 e. The molecule has 4 heteroatoms. The van der Waals surface area contributed by atoms with E-state index in [1.165, 1.54) is 0 Å². The van der Waals surface area contributed by atoms with Gasteiger partial charge in [-0.3, -0.25) is 4.68 Å². The van der Waals surface area contributed by atoms with Gasteiger partial charge in [0.15, 0.2) is 0 Å². The van der Waals surface area contributed by atoms with Crippen LogP contribution in [0.4, 0.5) is 0 Å². The van der Waals surface area contributed by atoms with Gasteiger partial charge in [0.25, 0.3) is 0 Å². The zero-order valence-corrected chi connectivity index (χ0v) is 12.7. The number of nitrogens with zero attached hydrogens (tertiary/aromatic N) is 2. The Hall–Kier alpha value is -0.540. The molecule has 2 N–H and O–H groups in total. The Morgan fingerprint density at radius 3 is 2.28 bits per heavy atom. The molecule has 3 nitrogen and oxygen atoms in total. The van der Waals surface area contributed by atoms with Gasteiger partial charge in [0, 0.05) is 6.04 Å². The molecule has 0 aromatic carbocycles. The SMILES string of the molecule is CCCC(CCC)C(N)c1c(Cl)cnn1C(C)C. The summed E-state index contributed by atoms with van der Waals surface area (Å²) in [6.45, 7) is 8.62. The normalized spacial score (nSPS) is 13.6. The molecule has 0 fully saturated rings. The average molecular weight is 272 g/mol. The highest BCUT2D eigenvalue weighted by atomic mass is 35.5. The Morgan fingerprint density at radius 1 is 1.28 bits per heavy atom. The van der Waals surface area contributed by atoms with Crippen molar-refractivity contribution in [3.8, 4) is 0 Å². The van der Waals surface area contributed by atoms with Crippen LogP contribution in [0.3, 0.4) is 0 Å². The smallest absolute Gasteiger partial charge is 0.0834 e. The molecule has 1 rings (SSSR count). The second-order valence-corrected chi connectivity index (χ2v) is 5.69. The number of hydrogen-bond acceptors (Lipinski definition) is 2. The molecule has 1 heterocycles. The van der Waals surface area contributed by atoms with Gasteiger partial charge in [-0.05, 0) is 32.6 Å². The molecule has 0 saturated heterocycles. The standard InChI is InChI=1S/C14H26ClN3/c1-5-7-11(8-6-2)13(16)14-12(15)9-17-18(14)10(3)4/h9-11,13H,5-8,16H2,1-4H3. The Bertz CT molecular complexity index is 354. The summed E-state index contributed by atoms with van der Waals surface area (Å²) in [6.07, 6.45) is 6.33. The van der Waals surface area contributed by atoms with E-state index >= 15 is 0 Å². The van der Waals surface area contributed by atoms with Gasteiger partial charge in [-0.15, -0.1) is 0 Å². The molecule has 1 aromatic heterocycles. The van der Waals surface area contributed by atoms with Crippen molar-refractivity contribution in [3.63, 3.8) is 0 Å². The van der Waals surface area contributed by atoms with Crippen LogP contribution in [0, 0.1) is 5.92 Å². The number of aromatic nitrogens is 2. The summed E-state index contributed by atoms with van der Waals surface area (Å²) in [6, 6.07) is 0.282. The maximum atomic E-state index is 6.45. The molecule has 18 heavy (non-hydrogen) atoms. The van der Waals surface area contributed by atoms with Gasteiger partial charge in [-0.1, -0.05) is 38.3 Å². The van der Waals surface area contributed by atoms with E-state index in [4.69, 9.17) is 17.3 Å². The van der Waals surface area contributed by atoms with Crippen LogP contribution < -0.4 is 5.73 Å². The first-order valence-electron chi connectivity index (χ1n) is 7.01. The molecule has 104 valence electrons. The van der Waals surface area contributed by atoms with Crippen molar-refractivity contribution < 1.29 is 0 Å². The lowest BCUT2D eigenvalue weighted by atomic mass is 9.89. The minimum absolute atomic E-state index is 0.0118. The minimum atomic E-state index is -0.0118. The Labute approximate surface area is 116 Å². The average Bonchev–Trinajstić information content (AvgIpc) is 2.70. The maximum absolute atomic E-state index is 6.45. The van der Waals surface area contributed by atoms with Gasteiger partial charge in [0.05, 0.1) is 23.0 Å². The van der Waals surface area contributed by atoms with Crippen molar-refractivity contribution in [2.45, 2.75) is 65.5 Å². The fraction of sp³-hybridized carbons (Fsp3) is 0.786. The van der Waals surface area contributed by atoms with E-state index in [1.54, 1.807) is 6.20 Å². The fourth-order valence-electron chi connectivity index (χ4n) is 2.54. The third-order valence-electron chi connectivity index (χ3n) is 3.42. The van der Waals surface area contributed by atoms with Gasteiger partial charge in [0.2, 0.25) is 0 Å². The van der Waals surface area contributed by atoms with E-state index < -0.39 is 0 Å². The highest BCUT2D eigenvalue weighted by molar-refractivity contribution is 6.31. The first-order chi connectivity index (χ1) is 8.52. The van der Waals surface area contributed by atoms with E-state index in [0.29, 0.717) is 17.0 Å². The molecular weight excluding hydrogens is 246 g/mol. The summed E-state index contributed by atoms with van der Waals surface area (Å²) in [5.74, 6) is 0.492. The predicted octanol–water partition coefficient (Wildman–Crippen LogP) is 4.33. The van der Waals surface area contributed by atoms with Gasteiger partial charge in [-0.25, -0.2) is 0 Å². The van der Waals surface area contributed by atoms with Gasteiger partial charge >= 0.3 is 0 Å². The second kappa shape index (κ2) is 7.15. The maximum Gasteiger partial charge on any atom is 0.0834 e. The fourth-order valence-corrected chi connectivity index (χ4v) is 2.80. The van der Waals surface area contributed by atoms with E-state index in [2.05, 4.69) is 32.8 Å². The molecule has 1 aromatic rings. The summed E-state index contributed by atoms with van der Waals surface area (Å²) in [7, 11) is 0. The zero-order valence-electron chi connectivity index (χ0n) is 12.0. The summed E-state index contributed by atoms with van der Waals surface area (Å²) in [5.41, 5.74) is 7.45. The van der Waals surface area contributed by atoms with Crippen LogP contribution in [0.1, 0.15) is 71.2 Å². The highest BCUT2D eigenvalue weighted by Gasteiger charge is 2.25. The third-order valence-corrected chi connectivity index (χ3v) is 3.71. The van der Waals surface area contributed by atoms with Crippen LogP contribution in [-0.4, -0.2) is 9.78 Å². The lowest BCUT2D eigenvalue weighted by Crippen LogP contribution is -2.25. The lowest BCUT2D eigenvalue weighted by Gasteiger charge is -2.25. The molecule has 1 unspecified atom stereocenters. The van der Waals surface area contributed by atoms with Crippen LogP contribution in [0.2, 0.25) is 5.02 Å². The van der Waals surface area contributed by atoms with Crippen LogP contribution in [0.5, 0.6) is 0 Å². The van der Waals surface area contributed by atoms with E-state index in [9.17, 15) is 0 Å². The molecule has 0 aliphatic heterocycles. The number of rotatable bonds is 7. The van der Waals surface area contributed by atoms with Gasteiger partial charge < -0.3 is 5.73 Å². The van der Waals surface area contributed by atoms with E-state index in [1.807, 2.05) is 4.68 Å². The first-order valence-corrected chi connectivity index (χ1v) is 7.39. The zero-order chi connectivity index (χ0) is 13.7. The molecule has 1 atom stereocenters. The first kappa shape index (κ1) is 15.5. The Balaban J connectivity index is 2.99. The molecule has 0 saturated carbocycles. The summed E-state index contributed by atoms with van der Waals surface area (Å²) >= 11 is 6.26. The molecule has 0 aliphatic carbocycles. The number of hydrogen-bond donors (Lipinski definition) is 1. The molecule has 0 bridgehead atoms. The molecule has 0 amide bonds.